The quantitative estimate of drug-likeness (QED) is 0.847. The fraction of sp³-hybridized carbons (Fsp3) is 0.500. The van der Waals surface area contributed by atoms with Crippen molar-refractivity contribution in [1.82, 2.24) is 14.6 Å². The van der Waals surface area contributed by atoms with Crippen LogP contribution >= 0.6 is 11.6 Å². The Bertz CT molecular complexity index is 697. The first-order valence-corrected chi connectivity index (χ1v) is 8.43. The SMILES string of the molecule is O=S1(=O)CCC(Cc2nnc3ccc(Cl)cn23)CC1. The topological polar surface area (TPSA) is 64.3 Å². The fourth-order valence-electron chi connectivity index (χ4n) is 2.45. The number of hydrogen-bond donors (Lipinski definition) is 0. The Hall–Kier alpha value is -1.14. The van der Waals surface area contributed by atoms with Crippen LogP contribution in [0.5, 0.6) is 0 Å². The zero-order valence-electron chi connectivity index (χ0n) is 10.3. The van der Waals surface area contributed by atoms with Crippen LogP contribution in [0.3, 0.4) is 0 Å². The van der Waals surface area contributed by atoms with Gasteiger partial charge in [0.25, 0.3) is 0 Å². The van der Waals surface area contributed by atoms with Gasteiger partial charge in [0.1, 0.15) is 15.7 Å². The van der Waals surface area contributed by atoms with Gasteiger partial charge in [-0.25, -0.2) is 8.42 Å². The molecule has 7 heteroatoms. The van der Waals surface area contributed by atoms with Crippen molar-refractivity contribution >= 4 is 27.1 Å². The molecule has 1 saturated heterocycles. The second-order valence-corrected chi connectivity index (χ2v) is 7.73. The van der Waals surface area contributed by atoms with E-state index < -0.39 is 9.84 Å². The minimum Gasteiger partial charge on any atom is -0.285 e. The van der Waals surface area contributed by atoms with Crippen LogP contribution < -0.4 is 0 Å². The third-order valence-electron chi connectivity index (χ3n) is 3.58. The summed E-state index contributed by atoms with van der Waals surface area (Å²) in [7, 11) is -2.81. The predicted octanol–water partition coefficient (Wildman–Crippen LogP) is 1.75. The van der Waals surface area contributed by atoms with Gasteiger partial charge in [0.2, 0.25) is 0 Å². The molecule has 0 saturated carbocycles. The van der Waals surface area contributed by atoms with E-state index in [-0.39, 0.29) is 11.5 Å². The average Bonchev–Trinajstić information content (AvgIpc) is 2.75. The van der Waals surface area contributed by atoms with Crippen molar-refractivity contribution in [3.63, 3.8) is 0 Å². The summed E-state index contributed by atoms with van der Waals surface area (Å²) in [5, 5.41) is 8.90. The normalized spacial score (nSPS) is 19.8. The summed E-state index contributed by atoms with van der Waals surface area (Å²) in [5.41, 5.74) is 0.767. The molecule has 1 aliphatic heterocycles. The lowest BCUT2D eigenvalue weighted by Gasteiger charge is -2.20. The zero-order valence-corrected chi connectivity index (χ0v) is 11.9. The van der Waals surface area contributed by atoms with Gasteiger partial charge in [-0.3, -0.25) is 4.40 Å². The van der Waals surface area contributed by atoms with E-state index >= 15 is 0 Å². The highest BCUT2D eigenvalue weighted by Gasteiger charge is 2.25. The van der Waals surface area contributed by atoms with Gasteiger partial charge < -0.3 is 0 Å². The first-order chi connectivity index (χ1) is 9.03. The second-order valence-electron chi connectivity index (χ2n) is 4.99. The van der Waals surface area contributed by atoms with E-state index in [1.54, 1.807) is 12.3 Å². The molecule has 102 valence electrons. The number of halogens is 1. The Kier molecular flexibility index (Phi) is 3.22. The van der Waals surface area contributed by atoms with Crippen molar-refractivity contribution in [2.45, 2.75) is 19.3 Å². The Morgan fingerprint density at radius 2 is 2.00 bits per heavy atom. The zero-order chi connectivity index (χ0) is 13.5. The van der Waals surface area contributed by atoms with Crippen molar-refractivity contribution < 1.29 is 8.42 Å². The van der Waals surface area contributed by atoms with Gasteiger partial charge in [0, 0.05) is 12.6 Å². The molecule has 0 bridgehead atoms. The van der Waals surface area contributed by atoms with E-state index in [1.807, 2.05) is 10.5 Å². The molecule has 0 N–H and O–H groups in total. The van der Waals surface area contributed by atoms with Crippen LogP contribution in [0.25, 0.3) is 5.65 Å². The average molecular weight is 300 g/mol. The predicted molar refractivity (Wildman–Crippen MR) is 73.1 cm³/mol. The smallest absolute Gasteiger partial charge is 0.160 e. The summed E-state index contributed by atoms with van der Waals surface area (Å²) >= 11 is 5.97. The Labute approximate surface area is 116 Å². The number of sulfone groups is 1. The number of nitrogens with zero attached hydrogens (tertiary/aromatic N) is 3. The Balaban J connectivity index is 1.80. The second kappa shape index (κ2) is 4.76. The van der Waals surface area contributed by atoms with Crippen molar-refractivity contribution in [3.8, 4) is 0 Å². The van der Waals surface area contributed by atoms with Gasteiger partial charge in [0.05, 0.1) is 16.5 Å². The van der Waals surface area contributed by atoms with Gasteiger partial charge in [-0.2, -0.15) is 0 Å². The third-order valence-corrected chi connectivity index (χ3v) is 5.52. The number of hydrogen-bond acceptors (Lipinski definition) is 4. The molecular weight excluding hydrogens is 286 g/mol. The van der Waals surface area contributed by atoms with E-state index in [9.17, 15) is 8.42 Å². The highest BCUT2D eigenvalue weighted by Crippen LogP contribution is 2.23. The Morgan fingerprint density at radius 3 is 2.74 bits per heavy atom. The van der Waals surface area contributed by atoms with E-state index in [2.05, 4.69) is 10.2 Å². The molecule has 1 aliphatic rings. The lowest BCUT2D eigenvalue weighted by molar-refractivity contribution is 0.452. The lowest BCUT2D eigenvalue weighted by atomic mass is 9.98. The largest absolute Gasteiger partial charge is 0.285 e. The van der Waals surface area contributed by atoms with Gasteiger partial charge in [0.15, 0.2) is 5.65 Å². The monoisotopic (exact) mass is 299 g/mol. The number of aromatic nitrogens is 3. The molecule has 3 rings (SSSR count). The first kappa shape index (κ1) is 12.9. The summed E-state index contributed by atoms with van der Waals surface area (Å²) in [6.45, 7) is 0. The maximum absolute atomic E-state index is 11.4. The van der Waals surface area contributed by atoms with Crippen molar-refractivity contribution in [2.24, 2.45) is 5.92 Å². The molecule has 0 unspecified atom stereocenters. The minimum absolute atomic E-state index is 0.287. The van der Waals surface area contributed by atoms with Crippen molar-refractivity contribution in [2.75, 3.05) is 11.5 Å². The molecule has 2 aromatic heterocycles. The number of rotatable bonds is 2. The molecule has 0 radical (unpaired) electrons. The maximum atomic E-state index is 11.4. The van der Waals surface area contributed by atoms with Crippen LogP contribution in [-0.4, -0.2) is 34.5 Å². The lowest BCUT2D eigenvalue weighted by Crippen LogP contribution is -2.25. The maximum Gasteiger partial charge on any atom is 0.160 e. The molecule has 0 aliphatic carbocycles. The summed E-state index contributed by atoms with van der Waals surface area (Å²) in [5.74, 6) is 1.78. The molecule has 5 nitrogen and oxygen atoms in total. The molecule has 0 aromatic carbocycles. The first-order valence-electron chi connectivity index (χ1n) is 6.23. The van der Waals surface area contributed by atoms with Gasteiger partial charge >= 0.3 is 0 Å². The molecular formula is C12H14ClN3O2S. The molecule has 0 spiro atoms. The highest BCUT2D eigenvalue weighted by atomic mass is 35.5. The summed E-state index contributed by atoms with van der Waals surface area (Å²) in [6.07, 6.45) is 3.96. The Morgan fingerprint density at radius 1 is 1.26 bits per heavy atom. The van der Waals surface area contributed by atoms with Gasteiger partial charge in [-0.05, 0) is 30.9 Å². The molecule has 3 heterocycles. The van der Waals surface area contributed by atoms with Crippen LogP contribution in [0, 0.1) is 5.92 Å². The van der Waals surface area contributed by atoms with Crippen LogP contribution in [-0.2, 0) is 16.3 Å². The number of fused-ring (bicyclic) bond motifs is 1. The summed E-state index contributed by atoms with van der Waals surface area (Å²) in [6, 6.07) is 3.60. The van der Waals surface area contributed by atoms with E-state index in [0.717, 1.165) is 17.9 Å². The van der Waals surface area contributed by atoms with Crippen LogP contribution in [0.15, 0.2) is 18.3 Å². The molecule has 2 aromatic rings. The molecule has 19 heavy (non-hydrogen) atoms. The van der Waals surface area contributed by atoms with Crippen LogP contribution in [0.1, 0.15) is 18.7 Å². The van der Waals surface area contributed by atoms with E-state index in [0.29, 0.717) is 23.8 Å². The highest BCUT2D eigenvalue weighted by molar-refractivity contribution is 7.91. The van der Waals surface area contributed by atoms with Crippen LogP contribution in [0.2, 0.25) is 5.02 Å². The van der Waals surface area contributed by atoms with E-state index in [4.69, 9.17) is 11.6 Å². The van der Waals surface area contributed by atoms with Crippen molar-refractivity contribution in [1.29, 1.82) is 0 Å². The van der Waals surface area contributed by atoms with Crippen molar-refractivity contribution in [3.05, 3.63) is 29.2 Å². The van der Waals surface area contributed by atoms with E-state index in [1.165, 1.54) is 0 Å². The summed E-state index contributed by atoms with van der Waals surface area (Å²) < 4.78 is 24.7. The van der Waals surface area contributed by atoms with Gasteiger partial charge in [-0.15, -0.1) is 10.2 Å². The van der Waals surface area contributed by atoms with Crippen LogP contribution in [0.4, 0.5) is 0 Å². The van der Waals surface area contributed by atoms with Gasteiger partial charge in [-0.1, -0.05) is 11.6 Å². The standard InChI is InChI=1S/C12H14ClN3O2S/c13-10-1-2-11-14-15-12(16(11)8-10)7-9-3-5-19(17,18)6-4-9/h1-2,8-9H,3-7H2. The molecule has 0 atom stereocenters. The molecule has 1 fully saturated rings. The third kappa shape index (κ3) is 2.74. The number of pyridine rings is 1. The fourth-order valence-corrected chi connectivity index (χ4v) is 4.20. The minimum atomic E-state index is -2.81. The summed E-state index contributed by atoms with van der Waals surface area (Å²) in [4.78, 5) is 0. The molecule has 0 amide bonds.